The average molecular weight is 225 g/mol. The molecule has 5 heteroatoms. The monoisotopic (exact) mass is 225 g/mol. The van der Waals surface area contributed by atoms with E-state index >= 15 is 0 Å². The van der Waals surface area contributed by atoms with Gasteiger partial charge in [-0.05, 0) is 26.8 Å². The topological polar surface area (TPSA) is 54.0 Å². The Labute approximate surface area is 93.1 Å². The van der Waals surface area contributed by atoms with Crippen LogP contribution in [0.1, 0.15) is 31.5 Å². The lowest BCUT2D eigenvalue weighted by Crippen LogP contribution is -2.15. The summed E-state index contributed by atoms with van der Waals surface area (Å²) in [6, 6.07) is 0.229. The number of amides is 1. The molecule has 15 heavy (non-hydrogen) atoms. The van der Waals surface area contributed by atoms with Crippen LogP contribution >= 0.6 is 11.3 Å². The summed E-state index contributed by atoms with van der Waals surface area (Å²) in [5.74, 6) is 0.354. The van der Waals surface area contributed by atoms with Crippen LogP contribution in [0.4, 0.5) is 5.13 Å². The zero-order valence-electron chi connectivity index (χ0n) is 8.91. The van der Waals surface area contributed by atoms with E-state index in [0.717, 1.165) is 18.5 Å². The lowest BCUT2D eigenvalue weighted by molar-refractivity contribution is -0.117. The third-order valence-corrected chi connectivity index (χ3v) is 3.35. The molecule has 1 aliphatic rings. The van der Waals surface area contributed by atoms with Gasteiger partial charge in [0.2, 0.25) is 5.91 Å². The molecule has 0 spiro atoms. The first kappa shape index (κ1) is 10.6. The first-order chi connectivity index (χ1) is 7.20. The minimum Gasteiger partial charge on any atom is -0.312 e. The molecule has 4 nitrogen and oxygen atoms in total. The molecule has 1 aromatic heterocycles. The van der Waals surface area contributed by atoms with Crippen LogP contribution in [0.2, 0.25) is 0 Å². The van der Waals surface area contributed by atoms with E-state index in [4.69, 9.17) is 0 Å². The summed E-state index contributed by atoms with van der Waals surface area (Å²) in [6.07, 6.45) is 2.05. The summed E-state index contributed by atoms with van der Waals surface area (Å²) in [4.78, 5) is 15.8. The van der Waals surface area contributed by atoms with Crippen LogP contribution < -0.4 is 10.6 Å². The predicted octanol–water partition coefficient (Wildman–Crippen LogP) is 1.77. The van der Waals surface area contributed by atoms with Crippen molar-refractivity contribution in [2.24, 2.45) is 5.92 Å². The molecule has 0 bridgehead atoms. The van der Waals surface area contributed by atoms with Crippen LogP contribution in [0.25, 0.3) is 0 Å². The van der Waals surface area contributed by atoms with Crippen molar-refractivity contribution in [3.05, 3.63) is 11.1 Å². The lowest BCUT2D eigenvalue weighted by Gasteiger charge is -2.05. The minimum absolute atomic E-state index is 0.119. The number of thiazole rings is 1. The zero-order valence-corrected chi connectivity index (χ0v) is 9.73. The van der Waals surface area contributed by atoms with Gasteiger partial charge in [-0.3, -0.25) is 4.79 Å². The molecule has 2 rings (SSSR count). The van der Waals surface area contributed by atoms with Crippen LogP contribution in [0.3, 0.4) is 0 Å². The molecule has 0 radical (unpaired) electrons. The van der Waals surface area contributed by atoms with Crippen LogP contribution in [0.15, 0.2) is 5.38 Å². The number of hydrogen-bond acceptors (Lipinski definition) is 4. The van der Waals surface area contributed by atoms with Crippen LogP contribution in [0.5, 0.6) is 0 Å². The molecule has 82 valence electrons. The smallest absolute Gasteiger partial charge is 0.229 e. The molecular weight excluding hydrogens is 210 g/mol. The van der Waals surface area contributed by atoms with Crippen molar-refractivity contribution in [1.82, 2.24) is 10.3 Å². The van der Waals surface area contributed by atoms with Crippen molar-refractivity contribution in [3.63, 3.8) is 0 Å². The van der Waals surface area contributed by atoms with Crippen LogP contribution in [-0.2, 0) is 4.79 Å². The fraction of sp³-hybridized carbons (Fsp3) is 0.600. The fourth-order valence-electron chi connectivity index (χ4n) is 1.24. The maximum Gasteiger partial charge on any atom is 0.229 e. The van der Waals surface area contributed by atoms with Gasteiger partial charge in [0.1, 0.15) is 0 Å². The second-order valence-electron chi connectivity index (χ2n) is 3.85. The Kier molecular flexibility index (Phi) is 3.02. The predicted molar refractivity (Wildman–Crippen MR) is 60.9 cm³/mol. The number of carbonyl (C=O) groups excluding carboxylic acids is 1. The van der Waals surface area contributed by atoms with Crippen LogP contribution in [0, 0.1) is 5.92 Å². The summed E-state index contributed by atoms with van der Waals surface area (Å²) in [5, 5.41) is 8.65. The van der Waals surface area contributed by atoms with Crippen molar-refractivity contribution in [2.45, 2.75) is 25.8 Å². The van der Waals surface area contributed by atoms with E-state index in [0.29, 0.717) is 5.13 Å². The van der Waals surface area contributed by atoms with E-state index in [9.17, 15) is 4.79 Å². The van der Waals surface area contributed by atoms with Gasteiger partial charge in [-0.2, -0.15) is 0 Å². The highest BCUT2D eigenvalue weighted by Crippen LogP contribution is 2.31. The largest absolute Gasteiger partial charge is 0.312 e. The van der Waals surface area contributed by atoms with E-state index in [1.807, 2.05) is 19.4 Å². The first-order valence-electron chi connectivity index (χ1n) is 5.14. The zero-order chi connectivity index (χ0) is 10.8. The molecule has 1 unspecified atom stereocenters. The quantitative estimate of drug-likeness (QED) is 0.821. The minimum atomic E-state index is 0.119. The van der Waals surface area contributed by atoms with Gasteiger partial charge in [0.15, 0.2) is 5.13 Å². The molecule has 1 aliphatic carbocycles. The lowest BCUT2D eigenvalue weighted by atomic mass is 10.3. The van der Waals surface area contributed by atoms with E-state index in [1.165, 1.54) is 11.3 Å². The molecule has 2 N–H and O–H groups in total. The number of nitrogens with one attached hydrogen (secondary N) is 2. The van der Waals surface area contributed by atoms with Gasteiger partial charge >= 0.3 is 0 Å². The van der Waals surface area contributed by atoms with Gasteiger partial charge in [0, 0.05) is 17.3 Å². The fourth-order valence-corrected chi connectivity index (χ4v) is 2.05. The summed E-state index contributed by atoms with van der Waals surface area (Å²) in [6.45, 7) is 2.04. The molecular formula is C10H15N3OS. The summed E-state index contributed by atoms with van der Waals surface area (Å²) in [5.41, 5.74) is 0.980. The van der Waals surface area contributed by atoms with Gasteiger partial charge in [-0.15, -0.1) is 11.3 Å². The van der Waals surface area contributed by atoms with Crippen LogP contribution in [-0.4, -0.2) is 17.9 Å². The van der Waals surface area contributed by atoms with Gasteiger partial charge in [0.25, 0.3) is 0 Å². The molecule has 1 heterocycles. The molecule has 1 fully saturated rings. The number of aromatic nitrogens is 1. The molecule has 0 saturated heterocycles. The molecule has 1 saturated carbocycles. The average Bonchev–Trinajstić information content (AvgIpc) is 2.99. The summed E-state index contributed by atoms with van der Waals surface area (Å²) < 4.78 is 0. The Morgan fingerprint density at radius 2 is 2.40 bits per heavy atom. The Hall–Kier alpha value is -0.940. The second-order valence-corrected chi connectivity index (χ2v) is 4.71. The summed E-state index contributed by atoms with van der Waals surface area (Å²) >= 11 is 1.48. The number of nitrogens with zero attached hydrogens (tertiary/aromatic N) is 1. The van der Waals surface area contributed by atoms with E-state index in [-0.39, 0.29) is 17.9 Å². The van der Waals surface area contributed by atoms with Crippen molar-refractivity contribution in [2.75, 3.05) is 12.4 Å². The Bertz CT molecular complexity index is 359. The summed E-state index contributed by atoms with van der Waals surface area (Å²) in [7, 11) is 1.90. The molecule has 0 aromatic carbocycles. The van der Waals surface area contributed by atoms with Crippen molar-refractivity contribution in [1.29, 1.82) is 0 Å². The highest BCUT2D eigenvalue weighted by Gasteiger charge is 2.30. The third-order valence-electron chi connectivity index (χ3n) is 2.58. The van der Waals surface area contributed by atoms with Gasteiger partial charge in [-0.1, -0.05) is 0 Å². The van der Waals surface area contributed by atoms with Gasteiger partial charge in [0.05, 0.1) is 5.69 Å². The molecule has 1 atom stereocenters. The van der Waals surface area contributed by atoms with Crippen molar-refractivity contribution >= 4 is 22.4 Å². The maximum absolute atomic E-state index is 11.5. The second kappa shape index (κ2) is 4.28. The van der Waals surface area contributed by atoms with Crippen molar-refractivity contribution < 1.29 is 4.79 Å². The van der Waals surface area contributed by atoms with Gasteiger partial charge in [-0.25, -0.2) is 4.98 Å². The normalized spacial score (nSPS) is 17.5. The highest BCUT2D eigenvalue weighted by atomic mass is 32.1. The standard InChI is InChI=1S/C10H15N3OS/c1-6(11-2)8-5-15-10(12-8)13-9(14)7-3-4-7/h5-7,11H,3-4H2,1-2H3,(H,12,13,14). The molecule has 0 aliphatic heterocycles. The third kappa shape index (κ3) is 2.54. The Morgan fingerprint density at radius 3 is 3.00 bits per heavy atom. The maximum atomic E-state index is 11.5. The molecule has 1 aromatic rings. The number of rotatable bonds is 4. The Balaban J connectivity index is 1.97. The van der Waals surface area contributed by atoms with Gasteiger partial charge < -0.3 is 10.6 Å². The highest BCUT2D eigenvalue weighted by molar-refractivity contribution is 7.13. The van der Waals surface area contributed by atoms with Crippen molar-refractivity contribution in [3.8, 4) is 0 Å². The number of hydrogen-bond donors (Lipinski definition) is 2. The number of anilines is 1. The van der Waals surface area contributed by atoms with E-state index in [2.05, 4.69) is 15.6 Å². The SMILES string of the molecule is CNC(C)c1csc(NC(=O)C2CC2)n1. The van der Waals surface area contributed by atoms with E-state index < -0.39 is 0 Å². The first-order valence-corrected chi connectivity index (χ1v) is 6.02. The Morgan fingerprint density at radius 1 is 1.67 bits per heavy atom. The number of carbonyl (C=O) groups is 1. The molecule has 1 amide bonds. The van der Waals surface area contributed by atoms with E-state index in [1.54, 1.807) is 0 Å².